The van der Waals surface area contributed by atoms with Gasteiger partial charge in [-0.05, 0) is 37.6 Å². The number of nitrogens with zero attached hydrogens (tertiary/aromatic N) is 1. The molecule has 16 heavy (non-hydrogen) atoms. The smallest absolute Gasteiger partial charge is 0.177 e. The molecule has 0 aliphatic carbocycles. The van der Waals surface area contributed by atoms with Gasteiger partial charge in [-0.25, -0.2) is 4.39 Å². The summed E-state index contributed by atoms with van der Waals surface area (Å²) >= 11 is 0. The highest BCUT2D eigenvalue weighted by molar-refractivity contribution is 5.86. The van der Waals surface area contributed by atoms with Crippen molar-refractivity contribution in [3.63, 3.8) is 0 Å². The Kier molecular flexibility index (Phi) is 2.56. The Morgan fingerprint density at radius 2 is 2.12 bits per heavy atom. The largest absolute Gasteiger partial charge is 0.355 e. The number of aryl methyl sites for hydroxylation is 2. The molecule has 0 bridgehead atoms. The summed E-state index contributed by atoms with van der Waals surface area (Å²) in [5.74, 6) is 0.100. The van der Waals surface area contributed by atoms with E-state index < -0.39 is 0 Å². The molecule has 3 nitrogen and oxygen atoms in total. The van der Waals surface area contributed by atoms with Crippen LogP contribution < -0.4 is 0 Å². The van der Waals surface area contributed by atoms with Gasteiger partial charge in [-0.1, -0.05) is 5.16 Å². The van der Waals surface area contributed by atoms with Crippen LogP contribution in [0.4, 0.5) is 4.39 Å². The van der Waals surface area contributed by atoms with E-state index in [4.69, 9.17) is 4.52 Å². The number of aromatic nitrogens is 1. The summed E-state index contributed by atoms with van der Waals surface area (Å²) in [6, 6.07) is 4.54. The first-order chi connectivity index (χ1) is 7.63. The van der Waals surface area contributed by atoms with Crippen molar-refractivity contribution >= 4 is 6.29 Å². The standard InChI is InChI=1S/C12H10FNO2/c1-7-5-9(3-4-11(7)13)12-10(6-15)8(2)14-16-12/h3-6H,1-2H3. The summed E-state index contributed by atoms with van der Waals surface area (Å²) in [5, 5.41) is 3.72. The minimum Gasteiger partial charge on any atom is -0.355 e. The number of rotatable bonds is 2. The van der Waals surface area contributed by atoms with Crippen LogP contribution in [0.5, 0.6) is 0 Å². The van der Waals surface area contributed by atoms with Crippen molar-refractivity contribution in [1.29, 1.82) is 0 Å². The van der Waals surface area contributed by atoms with Crippen molar-refractivity contribution in [1.82, 2.24) is 5.16 Å². The molecule has 1 aromatic heterocycles. The molecular formula is C12H10FNO2. The number of carbonyl (C=O) groups is 1. The van der Waals surface area contributed by atoms with Crippen molar-refractivity contribution in [2.45, 2.75) is 13.8 Å². The lowest BCUT2D eigenvalue weighted by Gasteiger charge is -2.00. The second kappa shape index (κ2) is 3.89. The van der Waals surface area contributed by atoms with Crippen LogP contribution >= 0.6 is 0 Å². The van der Waals surface area contributed by atoms with E-state index in [1.807, 2.05) is 0 Å². The summed E-state index contributed by atoms with van der Waals surface area (Å²) < 4.78 is 18.1. The van der Waals surface area contributed by atoms with Crippen LogP contribution in [0.15, 0.2) is 22.7 Å². The number of hydrogen-bond donors (Lipinski definition) is 0. The van der Waals surface area contributed by atoms with Crippen LogP contribution in [0.1, 0.15) is 21.6 Å². The Balaban J connectivity index is 2.58. The maximum Gasteiger partial charge on any atom is 0.177 e. The van der Waals surface area contributed by atoms with E-state index in [1.165, 1.54) is 6.07 Å². The van der Waals surface area contributed by atoms with Gasteiger partial charge in [-0.2, -0.15) is 0 Å². The number of aldehydes is 1. The highest BCUT2D eigenvalue weighted by Crippen LogP contribution is 2.26. The number of carbonyl (C=O) groups excluding carboxylic acids is 1. The average Bonchev–Trinajstić information content (AvgIpc) is 2.63. The monoisotopic (exact) mass is 219 g/mol. The molecule has 1 heterocycles. The van der Waals surface area contributed by atoms with Crippen LogP contribution in [0, 0.1) is 19.7 Å². The highest BCUT2D eigenvalue weighted by atomic mass is 19.1. The molecule has 4 heteroatoms. The van der Waals surface area contributed by atoms with Crippen molar-refractivity contribution in [2.24, 2.45) is 0 Å². The second-order valence-corrected chi connectivity index (χ2v) is 3.59. The predicted octanol–water partition coefficient (Wildman–Crippen LogP) is 2.91. The minimum atomic E-state index is -0.285. The third kappa shape index (κ3) is 1.62. The van der Waals surface area contributed by atoms with E-state index in [1.54, 1.807) is 26.0 Å². The van der Waals surface area contributed by atoms with Crippen molar-refractivity contribution < 1.29 is 13.7 Å². The first-order valence-corrected chi connectivity index (χ1v) is 4.81. The van der Waals surface area contributed by atoms with Crippen molar-refractivity contribution in [2.75, 3.05) is 0 Å². The van der Waals surface area contributed by atoms with Gasteiger partial charge in [0.2, 0.25) is 0 Å². The fourth-order valence-electron chi connectivity index (χ4n) is 1.51. The summed E-state index contributed by atoms with van der Waals surface area (Å²) in [5.41, 5.74) is 2.10. The normalized spacial score (nSPS) is 10.4. The van der Waals surface area contributed by atoms with Gasteiger partial charge in [0.1, 0.15) is 5.82 Å². The zero-order chi connectivity index (χ0) is 11.7. The van der Waals surface area contributed by atoms with E-state index in [2.05, 4.69) is 5.16 Å². The molecule has 0 saturated heterocycles. The van der Waals surface area contributed by atoms with Gasteiger partial charge in [-0.15, -0.1) is 0 Å². The second-order valence-electron chi connectivity index (χ2n) is 3.59. The zero-order valence-electron chi connectivity index (χ0n) is 8.95. The lowest BCUT2D eigenvalue weighted by molar-refractivity contribution is 0.112. The van der Waals surface area contributed by atoms with Gasteiger partial charge < -0.3 is 4.52 Å². The third-order valence-corrected chi connectivity index (χ3v) is 2.45. The molecule has 0 aliphatic rings. The lowest BCUT2D eigenvalue weighted by Crippen LogP contribution is -1.87. The van der Waals surface area contributed by atoms with Gasteiger partial charge in [0.05, 0.1) is 11.3 Å². The molecule has 2 rings (SSSR count). The predicted molar refractivity (Wildman–Crippen MR) is 56.8 cm³/mol. The average molecular weight is 219 g/mol. The van der Waals surface area contributed by atoms with Gasteiger partial charge in [0.15, 0.2) is 12.0 Å². The topological polar surface area (TPSA) is 43.1 Å². The first kappa shape index (κ1) is 10.5. The molecule has 0 spiro atoms. The molecule has 0 radical (unpaired) electrons. The SMILES string of the molecule is Cc1cc(-c2onc(C)c2C=O)ccc1F. The number of hydrogen-bond acceptors (Lipinski definition) is 3. The fraction of sp³-hybridized carbons (Fsp3) is 0.167. The van der Waals surface area contributed by atoms with Gasteiger partial charge >= 0.3 is 0 Å². The van der Waals surface area contributed by atoms with Gasteiger partial charge in [-0.3, -0.25) is 4.79 Å². The van der Waals surface area contributed by atoms with Gasteiger partial charge in [0.25, 0.3) is 0 Å². The number of benzene rings is 1. The molecular weight excluding hydrogens is 209 g/mol. The summed E-state index contributed by atoms with van der Waals surface area (Å²) in [6.07, 6.45) is 0.694. The molecule has 0 N–H and O–H groups in total. The van der Waals surface area contributed by atoms with Gasteiger partial charge in [0, 0.05) is 5.56 Å². The van der Waals surface area contributed by atoms with Crippen LogP contribution in [0.2, 0.25) is 0 Å². The third-order valence-electron chi connectivity index (χ3n) is 2.45. The van der Waals surface area contributed by atoms with E-state index >= 15 is 0 Å². The van der Waals surface area contributed by atoms with E-state index in [-0.39, 0.29) is 5.82 Å². The maximum atomic E-state index is 13.1. The van der Waals surface area contributed by atoms with E-state index in [9.17, 15) is 9.18 Å². The van der Waals surface area contributed by atoms with Crippen LogP contribution in [-0.4, -0.2) is 11.4 Å². The minimum absolute atomic E-state index is 0.285. The molecule has 0 aliphatic heterocycles. The molecule has 0 atom stereocenters. The summed E-state index contributed by atoms with van der Waals surface area (Å²) in [6.45, 7) is 3.34. The lowest BCUT2D eigenvalue weighted by atomic mass is 10.1. The fourth-order valence-corrected chi connectivity index (χ4v) is 1.51. The summed E-state index contributed by atoms with van der Waals surface area (Å²) in [7, 11) is 0. The van der Waals surface area contributed by atoms with Crippen LogP contribution in [0.25, 0.3) is 11.3 Å². The first-order valence-electron chi connectivity index (χ1n) is 4.81. The Labute approximate surface area is 91.9 Å². The highest BCUT2D eigenvalue weighted by Gasteiger charge is 2.14. The molecule has 82 valence electrons. The quantitative estimate of drug-likeness (QED) is 0.729. The van der Waals surface area contributed by atoms with Crippen molar-refractivity contribution in [3.05, 3.63) is 40.8 Å². The van der Waals surface area contributed by atoms with E-state index in [0.29, 0.717) is 34.4 Å². The molecule has 0 unspecified atom stereocenters. The Morgan fingerprint density at radius 1 is 1.38 bits per heavy atom. The Hall–Kier alpha value is -1.97. The number of halogens is 1. The van der Waals surface area contributed by atoms with Crippen LogP contribution in [0.3, 0.4) is 0 Å². The summed E-state index contributed by atoms with van der Waals surface area (Å²) in [4.78, 5) is 10.9. The molecule has 0 fully saturated rings. The molecule has 0 amide bonds. The maximum absolute atomic E-state index is 13.1. The van der Waals surface area contributed by atoms with Crippen molar-refractivity contribution in [3.8, 4) is 11.3 Å². The Morgan fingerprint density at radius 3 is 2.75 bits per heavy atom. The van der Waals surface area contributed by atoms with E-state index in [0.717, 1.165) is 0 Å². The molecule has 1 aromatic carbocycles. The zero-order valence-corrected chi connectivity index (χ0v) is 8.95. The molecule has 2 aromatic rings. The Bertz CT molecular complexity index is 546. The van der Waals surface area contributed by atoms with Crippen LogP contribution in [-0.2, 0) is 0 Å². The molecule has 0 saturated carbocycles.